The summed E-state index contributed by atoms with van der Waals surface area (Å²) in [6, 6.07) is 0. The molecule has 0 spiro atoms. The standard InChI is InChI=1S/C8H11ClN2OS/c9-8-10-7(6-13-8)5-11-1-3-12-4-2-11/h6H,1-5H2. The Kier molecular flexibility index (Phi) is 3.16. The second kappa shape index (κ2) is 4.37. The van der Waals surface area contributed by atoms with Gasteiger partial charge in [0.15, 0.2) is 4.47 Å². The molecule has 0 unspecified atom stereocenters. The molecule has 13 heavy (non-hydrogen) atoms. The Bertz CT molecular complexity index is 273. The van der Waals surface area contributed by atoms with Gasteiger partial charge in [0.25, 0.3) is 0 Å². The highest BCUT2D eigenvalue weighted by Crippen LogP contribution is 2.16. The van der Waals surface area contributed by atoms with Gasteiger partial charge in [-0.25, -0.2) is 4.98 Å². The molecule has 0 amide bonds. The molecule has 0 radical (unpaired) electrons. The third-order valence-electron chi connectivity index (χ3n) is 2.01. The van der Waals surface area contributed by atoms with Crippen molar-refractivity contribution >= 4 is 22.9 Å². The van der Waals surface area contributed by atoms with Gasteiger partial charge >= 0.3 is 0 Å². The first kappa shape index (κ1) is 9.40. The second-order valence-corrected chi connectivity index (χ2v) is 4.42. The fourth-order valence-corrected chi connectivity index (χ4v) is 2.12. The first-order chi connectivity index (χ1) is 6.34. The van der Waals surface area contributed by atoms with Crippen LogP contribution in [0.3, 0.4) is 0 Å². The van der Waals surface area contributed by atoms with Crippen molar-refractivity contribution in [2.75, 3.05) is 26.3 Å². The molecule has 0 saturated carbocycles. The molecule has 3 nitrogen and oxygen atoms in total. The lowest BCUT2D eigenvalue weighted by Gasteiger charge is -2.25. The van der Waals surface area contributed by atoms with Crippen LogP contribution in [0.25, 0.3) is 0 Å². The number of halogens is 1. The van der Waals surface area contributed by atoms with Gasteiger partial charge < -0.3 is 4.74 Å². The van der Waals surface area contributed by atoms with Gasteiger partial charge in [-0.15, -0.1) is 11.3 Å². The van der Waals surface area contributed by atoms with Crippen LogP contribution in [0, 0.1) is 0 Å². The first-order valence-corrected chi connectivity index (χ1v) is 5.50. The van der Waals surface area contributed by atoms with E-state index in [2.05, 4.69) is 9.88 Å². The van der Waals surface area contributed by atoms with Gasteiger partial charge in [0.05, 0.1) is 18.9 Å². The van der Waals surface area contributed by atoms with Gasteiger partial charge in [-0.1, -0.05) is 11.6 Å². The van der Waals surface area contributed by atoms with Crippen LogP contribution in [0.1, 0.15) is 5.69 Å². The summed E-state index contributed by atoms with van der Waals surface area (Å²) in [4.78, 5) is 6.53. The maximum absolute atomic E-state index is 5.74. The zero-order valence-corrected chi connectivity index (χ0v) is 8.77. The Morgan fingerprint density at radius 2 is 2.31 bits per heavy atom. The number of hydrogen-bond acceptors (Lipinski definition) is 4. The largest absolute Gasteiger partial charge is 0.379 e. The number of rotatable bonds is 2. The molecule has 1 aliphatic rings. The molecule has 1 aliphatic heterocycles. The number of hydrogen-bond donors (Lipinski definition) is 0. The zero-order chi connectivity index (χ0) is 9.10. The highest BCUT2D eigenvalue weighted by molar-refractivity contribution is 7.13. The predicted molar refractivity (Wildman–Crippen MR) is 53.2 cm³/mol. The third kappa shape index (κ3) is 2.64. The minimum atomic E-state index is 0.628. The Labute approximate surface area is 86.3 Å². The van der Waals surface area contributed by atoms with Gasteiger partial charge in [-0.2, -0.15) is 0 Å². The Morgan fingerprint density at radius 3 is 2.92 bits per heavy atom. The number of nitrogens with zero attached hydrogens (tertiary/aromatic N) is 2. The Morgan fingerprint density at radius 1 is 1.54 bits per heavy atom. The summed E-state index contributed by atoms with van der Waals surface area (Å²) in [6.45, 7) is 4.55. The molecule has 1 fully saturated rings. The van der Waals surface area contributed by atoms with E-state index in [1.807, 2.05) is 5.38 Å². The summed E-state index contributed by atoms with van der Waals surface area (Å²) in [5, 5.41) is 2.01. The van der Waals surface area contributed by atoms with Crippen LogP contribution < -0.4 is 0 Å². The summed E-state index contributed by atoms with van der Waals surface area (Å²) < 4.78 is 5.89. The van der Waals surface area contributed by atoms with Crippen LogP contribution >= 0.6 is 22.9 Å². The van der Waals surface area contributed by atoms with Gasteiger partial charge in [0.1, 0.15) is 0 Å². The topological polar surface area (TPSA) is 25.4 Å². The van der Waals surface area contributed by atoms with Crippen LogP contribution in [0.4, 0.5) is 0 Å². The van der Waals surface area contributed by atoms with Crippen molar-refractivity contribution in [3.8, 4) is 0 Å². The molecule has 0 bridgehead atoms. The fourth-order valence-electron chi connectivity index (χ4n) is 1.34. The van der Waals surface area contributed by atoms with E-state index in [0.29, 0.717) is 4.47 Å². The predicted octanol–water partition coefficient (Wildman–Crippen LogP) is 1.63. The van der Waals surface area contributed by atoms with Gasteiger partial charge in [0.2, 0.25) is 0 Å². The molecular formula is C8H11ClN2OS. The first-order valence-electron chi connectivity index (χ1n) is 4.24. The van der Waals surface area contributed by atoms with Gasteiger partial charge in [-0.3, -0.25) is 4.90 Å². The second-order valence-electron chi connectivity index (χ2n) is 2.98. The van der Waals surface area contributed by atoms with Crippen LogP contribution in [0.5, 0.6) is 0 Å². The van der Waals surface area contributed by atoms with E-state index in [0.717, 1.165) is 38.5 Å². The maximum atomic E-state index is 5.74. The zero-order valence-electron chi connectivity index (χ0n) is 7.20. The van der Waals surface area contributed by atoms with Crippen LogP contribution in [-0.4, -0.2) is 36.2 Å². The number of aromatic nitrogens is 1. The quantitative estimate of drug-likeness (QED) is 0.755. The molecular weight excluding hydrogens is 208 g/mol. The summed E-state index contributed by atoms with van der Waals surface area (Å²) in [6.07, 6.45) is 0. The van der Waals surface area contributed by atoms with Gasteiger partial charge in [0, 0.05) is 25.0 Å². The maximum Gasteiger partial charge on any atom is 0.183 e. The Balaban J connectivity index is 1.89. The van der Waals surface area contributed by atoms with Crippen molar-refractivity contribution in [1.82, 2.24) is 9.88 Å². The molecule has 1 aromatic rings. The average molecular weight is 219 g/mol. The molecule has 5 heteroatoms. The van der Waals surface area contributed by atoms with Crippen LogP contribution in [0.15, 0.2) is 5.38 Å². The average Bonchev–Trinajstić information content (AvgIpc) is 2.53. The van der Waals surface area contributed by atoms with E-state index in [9.17, 15) is 0 Å². The van der Waals surface area contributed by atoms with E-state index in [4.69, 9.17) is 16.3 Å². The molecule has 0 atom stereocenters. The highest BCUT2D eigenvalue weighted by atomic mass is 35.5. The number of morpholine rings is 1. The minimum Gasteiger partial charge on any atom is -0.379 e. The van der Waals surface area contributed by atoms with Crippen LogP contribution in [-0.2, 0) is 11.3 Å². The van der Waals surface area contributed by atoms with E-state index >= 15 is 0 Å². The van der Waals surface area contributed by atoms with Crippen LogP contribution in [0.2, 0.25) is 4.47 Å². The van der Waals surface area contributed by atoms with Crippen molar-refractivity contribution in [3.05, 3.63) is 15.5 Å². The van der Waals surface area contributed by atoms with Crippen molar-refractivity contribution < 1.29 is 4.74 Å². The van der Waals surface area contributed by atoms with Crippen molar-refractivity contribution in [3.63, 3.8) is 0 Å². The summed E-state index contributed by atoms with van der Waals surface area (Å²) in [5.41, 5.74) is 1.07. The van der Waals surface area contributed by atoms with Crippen molar-refractivity contribution in [2.45, 2.75) is 6.54 Å². The molecule has 0 aliphatic carbocycles. The normalized spacial score (nSPS) is 19.2. The van der Waals surface area contributed by atoms with E-state index in [1.54, 1.807) is 0 Å². The summed E-state index contributed by atoms with van der Waals surface area (Å²) >= 11 is 7.23. The molecule has 1 aromatic heterocycles. The smallest absolute Gasteiger partial charge is 0.183 e. The van der Waals surface area contributed by atoms with Gasteiger partial charge in [-0.05, 0) is 0 Å². The molecule has 0 aromatic carbocycles. The van der Waals surface area contributed by atoms with Crippen molar-refractivity contribution in [1.29, 1.82) is 0 Å². The van der Waals surface area contributed by atoms with E-state index in [1.165, 1.54) is 11.3 Å². The monoisotopic (exact) mass is 218 g/mol. The number of ether oxygens (including phenoxy) is 1. The molecule has 1 saturated heterocycles. The van der Waals surface area contributed by atoms with Crippen molar-refractivity contribution in [2.24, 2.45) is 0 Å². The molecule has 2 rings (SSSR count). The summed E-state index contributed by atoms with van der Waals surface area (Å²) in [5.74, 6) is 0. The highest BCUT2D eigenvalue weighted by Gasteiger charge is 2.11. The lowest BCUT2D eigenvalue weighted by Crippen LogP contribution is -2.35. The number of thiazole rings is 1. The lowest BCUT2D eigenvalue weighted by molar-refractivity contribution is 0.0337. The molecule has 0 N–H and O–H groups in total. The molecule has 72 valence electrons. The SMILES string of the molecule is Clc1nc(CN2CCOCC2)cs1. The summed E-state index contributed by atoms with van der Waals surface area (Å²) in [7, 11) is 0. The van der Waals surface area contributed by atoms with E-state index in [-0.39, 0.29) is 0 Å². The lowest BCUT2D eigenvalue weighted by atomic mass is 10.4. The Hall–Kier alpha value is -0.160. The fraction of sp³-hybridized carbons (Fsp3) is 0.625. The third-order valence-corrected chi connectivity index (χ3v) is 3.04. The van der Waals surface area contributed by atoms with E-state index < -0.39 is 0 Å². The minimum absolute atomic E-state index is 0.628. The molecule has 2 heterocycles.